The van der Waals surface area contributed by atoms with Gasteiger partial charge in [0.1, 0.15) is 17.7 Å². The van der Waals surface area contributed by atoms with Crippen LogP contribution in [0.2, 0.25) is 0 Å². The van der Waals surface area contributed by atoms with E-state index >= 15 is 0 Å². The number of alkyl carbamates (subject to hydrolysis) is 1. The van der Waals surface area contributed by atoms with Crippen LogP contribution in [0.15, 0.2) is 48.5 Å². The maximum absolute atomic E-state index is 13.8. The molecule has 2 aromatic carbocycles. The van der Waals surface area contributed by atoms with Gasteiger partial charge >= 0.3 is 6.09 Å². The lowest BCUT2D eigenvalue weighted by Gasteiger charge is -2.31. The van der Waals surface area contributed by atoms with Gasteiger partial charge in [0.15, 0.2) is 0 Å². The van der Waals surface area contributed by atoms with E-state index in [1.165, 1.54) is 11.8 Å². The molecule has 0 saturated heterocycles. The van der Waals surface area contributed by atoms with Gasteiger partial charge in [-0.2, -0.15) is 11.8 Å². The second-order valence-electron chi connectivity index (χ2n) is 9.71. The number of carbonyl (C=O) groups excluding carboxylic acids is 3. The molecule has 2 aromatic rings. The molecular formula is C29H37N3O4S. The van der Waals surface area contributed by atoms with Crippen LogP contribution in [0, 0.1) is 26.3 Å². The normalized spacial score (nSPS) is 12.6. The van der Waals surface area contributed by atoms with Gasteiger partial charge in [0.05, 0.1) is 0 Å². The highest BCUT2D eigenvalue weighted by Crippen LogP contribution is 2.27. The summed E-state index contributed by atoms with van der Waals surface area (Å²) in [5.41, 5.74) is 2.63. The fourth-order valence-corrected chi connectivity index (χ4v) is 4.20. The van der Waals surface area contributed by atoms with E-state index < -0.39 is 35.6 Å². The summed E-state index contributed by atoms with van der Waals surface area (Å²) in [5.74, 6) is -0.369. The van der Waals surface area contributed by atoms with Crippen molar-refractivity contribution in [3.05, 3.63) is 70.8 Å². The number of nitrogens with one attached hydrogen (secondary N) is 2. The van der Waals surface area contributed by atoms with Crippen LogP contribution < -0.4 is 10.6 Å². The number of hydrogen-bond donors (Lipinski definition) is 2. The molecule has 198 valence electrons. The summed E-state index contributed by atoms with van der Waals surface area (Å²) in [6.45, 7) is 9.34. The largest absolute Gasteiger partial charge is 0.444 e. The van der Waals surface area contributed by atoms with Gasteiger partial charge in [0, 0.05) is 12.6 Å². The zero-order valence-electron chi connectivity index (χ0n) is 22.5. The Hall–Kier alpha value is -3.44. The molecule has 0 bridgehead atoms. The van der Waals surface area contributed by atoms with Gasteiger partial charge in [0.2, 0.25) is 5.91 Å². The van der Waals surface area contributed by atoms with Gasteiger partial charge < -0.3 is 15.4 Å². The summed E-state index contributed by atoms with van der Waals surface area (Å²) in [6, 6.07) is 15.4. The minimum Gasteiger partial charge on any atom is -0.444 e. The van der Waals surface area contributed by atoms with Gasteiger partial charge in [-0.05, 0) is 75.3 Å². The van der Waals surface area contributed by atoms with Crippen molar-refractivity contribution in [1.82, 2.24) is 15.5 Å². The van der Waals surface area contributed by atoms with E-state index in [1.807, 2.05) is 62.6 Å². The van der Waals surface area contributed by atoms with Crippen molar-refractivity contribution in [2.45, 2.75) is 65.3 Å². The molecule has 2 rings (SSSR count). The second kappa shape index (κ2) is 13.8. The van der Waals surface area contributed by atoms with E-state index in [1.54, 1.807) is 26.8 Å². The summed E-state index contributed by atoms with van der Waals surface area (Å²) in [6.07, 6.45) is 7.38. The fraction of sp³-hybridized carbons (Fsp3) is 0.414. The molecular weight excluding hydrogens is 486 g/mol. The van der Waals surface area contributed by atoms with E-state index in [-0.39, 0.29) is 6.54 Å². The van der Waals surface area contributed by atoms with Crippen LogP contribution in [0.5, 0.6) is 0 Å². The van der Waals surface area contributed by atoms with Crippen molar-refractivity contribution in [2.75, 3.05) is 12.0 Å². The Morgan fingerprint density at radius 2 is 1.76 bits per heavy atom. The maximum Gasteiger partial charge on any atom is 0.408 e. The van der Waals surface area contributed by atoms with Crippen LogP contribution in [-0.2, 0) is 20.9 Å². The summed E-state index contributed by atoms with van der Waals surface area (Å²) in [5, 5.41) is 5.58. The molecule has 2 unspecified atom stereocenters. The molecule has 7 nitrogen and oxygen atoms in total. The number of carbonyl (C=O) groups is 3. The first-order valence-corrected chi connectivity index (χ1v) is 13.5. The number of ether oxygens (including phenoxy) is 1. The van der Waals surface area contributed by atoms with Crippen LogP contribution >= 0.6 is 11.8 Å². The molecule has 0 aliphatic rings. The molecule has 0 aromatic heterocycles. The number of terminal acetylenes is 1. The van der Waals surface area contributed by atoms with Crippen LogP contribution in [0.4, 0.5) is 4.79 Å². The lowest BCUT2D eigenvalue weighted by Crippen LogP contribution is -2.51. The monoisotopic (exact) mass is 523 g/mol. The molecule has 0 fully saturated rings. The highest BCUT2D eigenvalue weighted by atomic mass is 32.2. The minimum atomic E-state index is -1.08. The third-order valence-electron chi connectivity index (χ3n) is 5.73. The molecule has 0 radical (unpaired) electrons. The number of aryl methyl sites for hydroxylation is 1. The SMILES string of the molecule is C#CN(C(=O)C(CCSC)NC(=O)OC(C)(C)C)C(C(=O)NCc1ccccc1)c1cccc(C)c1C. The van der Waals surface area contributed by atoms with Crippen molar-refractivity contribution in [1.29, 1.82) is 0 Å². The van der Waals surface area contributed by atoms with Crippen LogP contribution in [0.1, 0.15) is 55.5 Å². The van der Waals surface area contributed by atoms with Crippen molar-refractivity contribution >= 4 is 29.7 Å². The van der Waals surface area contributed by atoms with E-state index in [0.29, 0.717) is 17.7 Å². The number of benzene rings is 2. The third-order valence-corrected chi connectivity index (χ3v) is 6.38. The zero-order chi connectivity index (χ0) is 27.6. The topological polar surface area (TPSA) is 87.7 Å². The number of nitrogens with zero attached hydrogens (tertiary/aromatic N) is 1. The number of rotatable bonds is 10. The Kier molecular flexibility index (Phi) is 11.1. The molecule has 2 atom stereocenters. The lowest BCUT2D eigenvalue weighted by atomic mass is 9.95. The molecule has 2 N–H and O–H groups in total. The van der Waals surface area contributed by atoms with Crippen LogP contribution in [0.3, 0.4) is 0 Å². The molecule has 3 amide bonds. The van der Waals surface area contributed by atoms with Gasteiger partial charge in [-0.15, -0.1) is 0 Å². The molecule has 0 aliphatic carbocycles. The van der Waals surface area contributed by atoms with E-state index in [0.717, 1.165) is 21.6 Å². The Morgan fingerprint density at radius 1 is 1.08 bits per heavy atom. The third kappa shape index (κ3) is 8.87. The molecule has 0 spiro atoms. The van der Waals surface area contributed by atoms with Gasteiger partial charge in [-0.1, -0.05) is 55.0 Å². The standard InChI is InChI=1S/C29H37N3O4S/c1-8-32(27(34)24(17-18-37-7)31-28(35)36-29(4,5)6)25(23-16-12-13-20(2)21(23)3)26(33)30-19-22-14-10-9-11-15-22/h1,9-16,24-25H,17-19H2,2-7H3,(H,30,33)(H,31,35). The predicted octanol–water partition coefficient (Wildman–Crippen LogP) is 4.73. The van der Waals surface area contributed by atoms with Gasteiger partial charge in [-0.25, -0.2) is 4.79 Å². The summed E-state index contributed by atoms with van der Waals surface area (Å²) in [4.78, 5) is 41.0. The zero-order valence-corrected chi connectivity index (χ0v) is 23.3. The quantitative estimate of drug-likeness (QED) is 0.347. The molecule has 0 saturated carbocycles. The lowest BCUT2D eigenvalue weighted by molar-refractivity contribution is -0.138. The fourth-order valence-electron chi connectivity index (χ4n) is 3.73. The van der Waals surface area contributed by atoms with Crippen molar-refractivity contribution in [3.8, 4) is 12.5 Å². The van der Waals surface area contributed by atoms with Gasteiger partial charge in [-0.3, -0.25) is 14.5 Å². The molecule has 37 heavy (non-hydrogen) atoms. The first-order chi connectivity index (χ1) is 17.5. The van der Waals surface area contributed by atoms with Crippen molar-refractivity contribution in [3.63, 3.8) is 0 Å². The van der Waals surface area contributed by atoms with E-state index in [9.17, 15) is 14.4 Å². The highest BCUT2D eigenvalue weighted by molar-refractivity contribution is 7.98. The summed E-state index contributed by atoms with van der Waals surface area (Å²) >= 11 is 1.53. The average molecular weight is 524 g/mol. The molecule has 0 heterocycles. The van der Waals surface area contributed by atoms with Crippen molar-refractivity contribution in [2.24, 2.45) is 0 Å². The summed E-state index contributed by atoms with van der Waals surface area (Å²) in [7, 11) is 0. The predicted molar refractivity (Wildman–Crippen MR) is 149 cm³/mol. The maximum atomic E-state index is 13.8. The second-order valence-corrected chi connectivity index (χ2v) is 10.7. The Labute approximate surface area is 224 Å². The van der Waals surface area contributed by atoms with Crippen LogP contribution in [-0.4, -0.2) is 46.5 Å². The molecule has 8 heteroatoms. The van der Waals surface area contributed by atoms with E-state index in [4.69, 9.17) is 11.2 Å². The number of hydrogen-bond acceptors (Lipinski definition) is 5. The molecule has 0 aliphatic heterocycles. The Balaban J connectivity index is 2.43. The summed E-state index contributed by atoms with van der Waals surface area (Å²) < 4.78 is 5.37. The first-order valence-electron chi connectivity index (χ1n) is 12.1. The average Bonchev–Trinajstić information content (AvgIpc) is 2.84. The van der Waals surface area contributed by atoms with Crippen LogP contribution in [0.25, 0.3) is 0 Å². The number of thioether (sulfide) groups is 1. The minimum absolute atomic E-state index is 0.277. The smallest absolute Gasteiger partial charge is 0.408 e. The highest BCUT2D eigenvalue weighted by Gasteiger charge is 2.36. The Morgan fingerprint density at radius 3 is 2.35 bits per heavy atom. The van der Waals surface area contributed by atoms with Crippen molar-refractivity contribution < 1.29 is 19.1 Å². The number of amides is 3. The first kappa shape index (κ1) is 29.8. The Bertz CT molecular complexity index is 1120. The van der Waals surface area contributed by atoms with Gasteiger partial charge in [0.25, 0.3) is 5.91 Å². The van der Waals surface area contributed by atoms with E-state index in [2.05, 4.69) is 16.7 Å².